The lowest BCUT2D eigenvalue weighted by atomic mass is 10.1. The lowest BCUT2D eigenvalue weighted by molar-refractivity contribution is -0.114. The summed E-state index contributed by atoms with van der Waals surface area (Å²) in [5.41, 5.74) is 1.19. The number of oxime groups is 2. The largest absolute Gasteiger partial charge is 0.398 e. The Balaban J connectivity index is 3.20. The molecular weight excluding hydrogens is 248 g/mol. The van der Waals surface area contributed by atoms with E-state index in [1.54, 1.807) is 26.0 Å². The maximum atomic E-state index is 11.8. The molecule has 1 amide bonds. The molecular formula is C12H16N4O3. The minimum Gasteiger partial charge on any atom is -0.398 e. The van der Waals surface area contributed by atoms with Crippen molar-refractivity contribution in [3.8, 4) is 5.88 Å². The minimum atomic E-state index is -0.406. The van der Waals surface area contributed by atoms with Gasteiger partial charge in [-0.3, -0.25) is 4.79 Å². The van der Waals surface area contributed by atoms with Gasteiger partial charge in [-0.15, -0.1) is 0 Å². The number of pyridine rings is 1. The molecule has 0 spiro atoms. The van der Waals surface area contributed by atoms with E-state index in [-0.39, 0.29) is 11.6 Å². The molecule has 0 fully saturated rings. The predicted octanol–water partition coefficient (Wildman–Crippen LogP) is 0.953. The molecule has 7 heteroatoms. The monoisotopic (exact) mass is 264 g/mol. The molecule has 19 heavy (non-hydrogen) atoms. The van der Waals surface area contributed by atoms with Crippen molar-refractivity contribution < 1.29 is 14.5 Å². The summed E-state index contributed by atoms with van der Waals surface area (Å²) in [6, 6.07) is 3.31. The summed E-state index contributed by atoms with van der Waals surface area (Å²) in [7, 11) is 2.85. The second-order valence-electron chi connectivity index (χ2n) is 3.69. The van der Waals surface area contributed by atoms with Crippen molar-refractivity contribution in [3.63, 3.8) is 0 Å². The van der Waals surface area contributed by atoms with E-state index in [2.05, 4.69) is 25.4 Å². The first kappa shape index (κ1) is 14.6. The van der Waals surface area contributed by atoms with Crippen LogP contribution in [0.4, 0.5) is 0 Å². The number of carbonyl (C=O) groups excluding carboxylic acids is 1. The van der Waals surface area contributed by atoms with Gasteiger partial charge < -0.3 is 15.0 Å². The van der Waals surface area contributed by atoms with E-state index in [0.29, 0.717) is 5.56 Å². The van der Waals surface area contributed by atoms with Crippen LogP contribution in [-0.2, 0) is 9.63 Å². The third-order valence-corrected chi connectivity index (χ3v) is 1.97. The highest BCUT2D eigenvalue weighted by molar-refractivity contribution is 6.45. The number of rotatable bonds is 5. The smallest absolute Gasteiger partial charge is 0.273 e. The summed E-state index contributed by atoms with van der Waals surface area (Å²) < 4.78 is 0. The molecule has 1 rings (SSSR count). The molecule has 0 saturated carbocycles. The van der Waals surface area contributed by atoms with Gasteiger partial charge in [-0.25, -0.2) is 4.98 Å². The maximum Gasteiger partial charge on any atom is 0.273 e. The zero-order valence-electron chi connectivity index (χ0n) is 11.3. The van der Waals surface area contributed by atoms with E-state index in [1.807, 2.05) is 0 Å². The van der Waals surface area contributed by atoms with Crippen molar-refractivity contribution in [2.24, 2.45) is 10.3 Å². The van der Waals surface area contributed by atoms with Crippen LogP contribution in [0.5, 0.6) is 5.88 Å². The van der Waals surface area contributed by atoms with E-state index in [1.165, 1.54) is 20.4 Å². The van der Waals surface area contributed by atoms with E-state index in [4.69, 9.17) is 4.84 Å². The molecule has 1 heterocycles. The molecule has 0 unspecified atom stereocenters. The fourth-order valence-electron chi connectivity index (χ4n) is 1.20. The molecule has 0 aromatic carbocycles. The number of likely N-dealkylation sites (N-methyl/N-ethyl adjacent to an activating group) is 1. The zero-order chi connectivity index (χ0) is 14.3. The van der Waals surface area contributed by atoms with Crippen LogP contribution in [0.3, 0.4) is 0 Å². The van der Waals surface area contributed by atoms with Crippen LogP contribution in [0, 0.1) is 0 Å². The van der Waals surface area contributed by atoms with E-state index < -0.39 is 5.91 Å². The number of nitrogens with one attached hydrogen (secondary N) is 1. The average Bonchev–Trinajstić information content (AvgIpc) is 2.42. The quantitative estimate of drug-likeness (QED) is 0.634. The van der Waals surface area contributed by atoms with Crippen LogP contribution >= 0.6 is 0 Å². The second-order valence-corrected chi connectivity index (χ2v) is 3.69. The van der Waals surface area contributed by atoms with Crippen LogP contribution in [0.15, 0.2) is 28.6 Å². The lowest BCUT2D eigenvalue weighted by Crippen LogP contribution is -2.29. The number of hydrogen-bond acceptors (Lipinski definition) is 6. The normalized spacial score (nSPS) is 10.6. The fourth-order valence-corrected chi connectivity index (χ4v) is 1.20. The van der Waals surface area contributed by atoms with Gasteiger partial charge in [0.1, 0.15) is 7.11 Å². The third-order valence-electron chi connectivity index (χ3n) is 1.97. The molecule has 0 saturated heterocycles. The minimum absolute atomic E-state index is 0.0667. The van der Waals surface area contributed by atoms with Gasteiger partial charge in [-0.2, -0.15) is 0 Å². The number of amides is 1. The molecule has 0 aliphatic rings. The van der Waals surface area contributed by atoms with Crippen molar-refractivity contribution >= 4 is 17.3 Å². The molecule has 1 aromatic rings. The van der Waals surface area contributed by atoms with Crippen LogP contribution in [0.2, 0.25) is 0 Å². The molecule has 0 aliphatic carbocycles. The average molecular weight is 264 g/mol. The first-order valence-corrected chi connectivity index (χ1v) is 5.57. The van der Waals surface area contributed by atoms with E-state index in [0.717, 1.165) is 5.71 Å². The highest BCUT2D eigenvalue weighted by atomic mass is 16.6. The van der Waals surface area contributed by atoms with Crippen LogP contribution < -0.4 is 10.2 Å². The summed E-state index contributed by atoms with van der Waals surface area (Å²) >= 11 is 0. The number of aromatic nitrogens is 1. The Kier molecular flexibility index (Phi) is 5.46. The molecule has 0 bridgehead atoms. The van der Waals surface area contributed by atoms with Crippen LogP contribution in [-0.4, -0.2) is 36.5 Å². The van der Waals surface area contributed by atoms with Crippen molar-refractivity contribution in [2.75, 3.05) is 14.2 Å². The van der Waals surface area contributed by atoms with Gasteiger partial charge in [0.25, 0.3) is 11.8 Å². The Morgan fingerprint density at radius 3 is 2.68 bits per heavy atom. The van der Waals surface area contributed by atoms with E-state index >= 15 is 0 Å². The fraction of sp³-hybridized carbons (Fsp3) is 0.333. The van der Waals surface area contributed by atoms with Crippen molar-refractivity contribution in [1.82, 2.24) is 10.3 Å². The first-order chi connectivity index (χ1) is 9.10. The Bertz CT molecular complexity index is 507. The Morgan fingerprint density at radius 2 is 2.11 bits per heavy atom. The first-order valence-electron chi connectivity index (χ1n) is 5.57. The zero-order valence-corrected chi connectivity index (χ0v) is 11.3. The van der Waals surface area contributed by atoms with Gasteiger partial charge in [-0.1, -0.05) is 10.3 Å². The van der Waals surface area contributed by atoms with E-state index in [9.17, 15) is 4.79 Å². The predicted molar refractivity (Wildman–Crippen MR) is 71.3 cm³/mol. The van der Waals surface area contributed by atoms with Crippen molar-refractivity contribution in [3.05, 3.63) is 23.9 Å². The summed E-state index contributed by atoms with van der Waals surface area (Å²) in [6.45, 7) is 3.57. The summed E-state index contributed by atoms with van der Waals surface area (Å²) in [4.78, 5) is 25.6. The molecule has 0 radical (unpaired) electrons. The highest BCUT2D eigenvalue weighted by Gasteiger charge is 2.19. The Morgan fingerprint density at radius 1 is 1.37 bits per heavy atom. The van der Waals surface area contributed by atoms with Crippen molar-refractivity contribution in [1.29, 1.82) is 0 Å². The number of hydrogen-bond donors (Lipinski definition) is 1. The number of nitrogens with zero attached hydrogens (tertiary/aromatic N) is 3. The third kappa shape index (κ3) is 4.06. The Labute approximate surface area is 111 Å². The lowest BCUT2D eigenvalue weighted by Gasteiger charge is -2.07. The SMILES string of the molecule is CNC(=O)/C(=N\OC)c1cccnc1ON=C(C)C. The van der Waals surface area contributed by atoms with Gasteiger partial charge in [0, 0.05) is 13.2 Å². The van der Waals surface area contributed by atoms with Gasteiger partial charge in [0.2, 0.25) is 0 Å². The van der Waals surface area contributed by atoms with Gasteiger partial charge in [0.05, 0.1) is 11.3 Å². The maximum absolute atomic E-state index is 11.8. The second kappa shape index (κ2) is 7.10. The Hall–Kier alpha value is -2.44. The molecule has 7 nitrogen and oxygen atoms in total. The van der Waals surface area contributed by atoms with Crippen LogP contribution in [0.25, 0.3) is 0 Å². The van der Waals surface area contributed by atoms with Gasteiger partial charge in [0.15, 0.2) is 5.71 Å². The van der Waals surface area contributed by atoms with Crippen molar-refractivity contribution in [2.45, 2.75) is 13.8 Å². The topological polar surface area (TPSA) is 85.2 Å². The molecule has 0 atom stereocenters. The standard InChI is InChI=1S/C12H16N4O3/c1-8(2)15-19-12-9(6-5-7-14-12)10(16-18-4)11(17)13-3/h5-7H,1-4H3,(H,13,17)/b16-10-. The molecule has 1 aromatic heterocycles. The summed E-state index contributed by atoms with van der Waals surface area (Å²) in [6.07, 6.45) is 1.54. The van der Waals surface area contributed by atoms with Gasteiger partial charge in [-0.05, 0) is 26.0 Å². The highest BCUT2D eigenvalue weighted by Crippen LogP contribution is 2.16. The molecule has 102 valence electrons. The van der Waals surface area contributed by atoms with Gasteiger partial charge >= 0.3 is 0 Å². The summed E-state index contributed by atoms with van der Waals surface area (Å²) in [5, 5.41) is 9.97. The summed E-state index contributed by atoms with van der Waals surface area (Å²) in [5.74, 6) is -0.222. The van der Waals surface area contributed by atoms with Crippen LogP contribution in [0.1, 0.15) is 19.4 Å². The molecule has 0 aliphatic heterocycles. The molecule has 1 N–H and O–H groups in total. The number of carbonyl (C=O) groups is 1.